The van der Waals surface area contributed by atoms with Gasteiger partial charge in [0.15, 0.2) is 0 Å². The van der Waals surface area contributed by atoms with Gasteiger partial charge in [-0.3, -0.25) is 4.79 Å². The zero-order valence-corrected chi connectivity index (χ0v) is 10.4. The Morgan fingerprint density at radius 3 is 2.56 bits per heavy atom. The third-order valence-corrected chi connectivity index (χ3v) is 2.89. The fourth-order valence-corrected chi connectivity index (χ4v) is 1.74. The molecule has 0 saturated heterocycles. The molecule has 0 radical (unpaired) electrons. The van der Waals surface area contributed by atoms with Crippen LogP contribution in [0.1, 0.15) is 37.3 Å². The largest absolute Gasteiger partial charge is 0.330 e. The molecule has 1 rings (SSSR count). The number of hydrogen-bond donors (Lipinski definition) is 1. The number of Topliss-reactive ketones (excluding diaryl/α,β-unsaturated/α-hetero) is 1. The monoisotopic (exact) mass is 219 g/mol. The van der Waals surface area contributed by atoms with Gasteiger partial charge in [0.1, 0.15) is 5.78 Å². The van der Waals surface area contributed by atoms with Crippen molar-refractivity contribution in [1.82, 2.24) is 0 Å². The number of ketones is 1. The Bertz CT molecular complexity index is 358. The minimum absolute atomic E-state index is 0.0962. The Hall–Kier alpha value is -1.15. The second kappa shape index (κ2) is 5.80. The highest BCUT2D eigenvalue weighted by Crippen LogP contribution is 2.21. The van der Waals surface area contributed by atoms with Crippen LogP contribution in [0.25, 0.3) is 0 Å². The van der Waals surface area contributed by atoms with E-state index in [1.54, 1.807) is 0 Å². The first kappa shape index (κ1) is 12.9. The Morgan fingerprint density at radius 1 is 1.38 bits per heavy atom. The van der Waals surface area contributed by atoms with Crippen LogP contribution < -0.4 is 5.73 Å². The predicted molar refractivity (Wildman–Crippen MR) is 67.4 cm³/mol. The number of benzene rings is 1. The van der Waals surface area contributed by atoms with Crippen molar-refractivity contribution in [1.29, 1.82) is 0 Å². The van der Waals surface area contributed by atoms with E-state index in [1.807, 2.05) is 19.9 Å². The van der Waals surface area contributed by atoms with Crippen molar-refractivity contribution in [2.45, 2.75) is 33.1 Å². The van der Waals surface area contributed by atoms with Gasteiger partial charge in [-0.05, 0) is 19.0 Å². The third-order valence-electron chi connectivity index (χ3n) is 2.89. The van der Waals surface area contributed by atoms with Crippen LogP contribution in [0, 0.1) is 12.8 Å². The molecule has 1 aromatic rings. The fraction of sp³-hybridized carbons (Fsp3) is 0.500. The molecule has 2 N–H and O–H groups in total. The molecular formula is C14H21NO. The highest BCUT2D eigenvalue weighted by molar-refractivity contribution is 5.81. The van der Waals surface area contributed by atoms with Crippen molar-refractivity contribution in [3.05, 3.63) is 35.4 Å². The van der Waals surface area contributed by atoms with Crippen LogP contribution in [0.4, 0.5) is 0 Å². The van der Waals surface area contributed by atoms with Gasteiger partial charge in [-0.1, -0.05) is 43.7 Å². The number of carbonyl (C=O) groups is 1. The first-order valence-electron chi connectivity index (χ1n) is 5.84. The third kappa shape index (κ3) is 3.46. The van der Waals surface area contributed by atoms with E-state index in [2.05, 4.69) is 25.1 Å². The van der Waals surface area contributed by atoms with E-state index in [1.165, 1.54) is 11.1 Å². The molecule has 88 valence electrons. The first-order chi connectivity index (χ1) is 7.54. The normalized spacial score (nSPS) is 12.8. The second-order valence-electron chi connectivity index (χ2n) is 4.67. The van der Waals surface area contributed by atoms with E-state index in [9.17, 15) is 4.79 Å². The molecule has 0 unspecified atom stereocenters. The van der Waals surface area contributed by atoms with Gasteiger partial charge in [0.2, 0.25) is 0 Å². The fourth-order valence-electron chi connectivity index (χ4n) is 1.74. The van der Waals surface area contributed by atoms with Gasteiger partial charge in [0, 0.05) is 18.3 Å². The molecule has 16 heavy (non-hydrogen) atoms. The molecule has 1 aromatic carbocycles. The highest BCUT2D eigenvalue weighted by atomic mass is 16.1. The summed E-state index contributed by atoms with van der Waals surface area (Å²) in [6.45, 7) is 6.46. The Labute approximate surface area is 97.9 Å². The second-order valence-corrected chi connectivity index (χ2v) is 4.67. The van der Waals surface area contributed by atoms with Crippen LogP contribution in [-0.4, -0.2) is 12.3 Å². The maximum Gasteiger partial charge on any atom is 0.136 e. The summed E-state index contributed by atoms with van der Waals surface area (Å²) in [6.07, 6.45) is 0.553. The molecule has 2 heteroatoms. The lowest BCUT2D eigenvalue weighted by Gasteiger charge is -2.16. The van der Waals surface area contributed by atoms with Crippen molar-refractivity contribution in [2.24, 2.45) is 11.7 Å². The number of hydrogen-bond acceptors (Lipinski definition) is 2. The summed E-state index contributed by atoms with van der Waals surface area (Å²) < 4.78 is 0. The van der Waals surface area contributed by atoms with E-state index in [0.29, 0.717) is 13.0 Å². The molecule has 0 aliphatic carbocycles. The summed E-state index contributed by atoms with van der Waals surface area (Å²) >= 11 is 0. The number of aryl methyl sites for hydroxylation is 1. The van der Waals surface area contributed by atoms with E-state index < -0.39 is 0 Å². The molecule has 1 atom stereocenters. The smallest absolute Gasteiger partial charge is 0.136 e. The van der Waals surface area contributed by atoms with Gasteiger partial charge in [-0.2, -0.15) is 0 Å². The molecule has 0 amide bonds. The van der Waals surface area contributed by atoms with Crippen molar-refractivity contribution >= 4 is 5.78 Å². The van der Waals surface area contributed by atoms with Crippen molar-refractivity contribution in [2.75, 3.05) is 6.54 Å². The Kier molecular flexibility index (Phi) is 4.69. The van der Waals surface area contributed by atoms with Gasteiger partial charge >= 0.3 is 0 Å². The summed E-state index contributed by atoms with van der Waals surface area (Å²) in [5.74, 6) is 0.547. The van der Waals surface area contributed by atoms with Crippen molar-refractivity contribution < 1.29 is 4.79 Å². The molecule has 0 heterocycles. The van der Waals surface area contributed by atoms with Crippen LogP contribution in [0.3, 0.4) is 0 Å². The van der Waals surface area contributed by atoms with E-state index in [-0.39, 0.29) is 17.6 Å². The van der Waals surface area contributed by atoms with E-state index in [0.717, 1.165) is 0 Å². The molecule has 0 spiro atoms. The van der Waals surface area contributed by atoms with E-state index in [4.69, 9.17) is 5.73 Å². The molecule has 0 bridgehead atoms. The zero-order chi connectivity index (χ0) is 12.1. The average Bonchev–Trinajstić information content (AvgIpc) is 2.25. The minimum atomic E-state index is 0.0962. The summed E-state index contributed by atoms with van der Waals surface area (Å²) in [5, 5.41) is 0. The summed E-state index contributed by atoms with van der Waals surface area (Å²) in [7, 11) is 0. The minimum Gasteiger partial charge on any atom is -0.330 e. The Morgan fingerprint density at radius 2 is 2.06 bits per heavy atom. The highest BCUT2D eigenvalue weighted by Gasteiger charge is 2.16. The number of nitrogens with two attached hydrogens (primary N) is 1. The maximum atomic E-state index is 11.7. The zero-order valence-electron chi connectivity index (χ0n) is 10.4. The Balaban J connectivity index is 2.78. The standard InChI is InChI=1S/C14H21NO/c1-10(2)14(16)8-13(9-15)12-6-4-5-11(3)7-12/h4-7,10,13H,8-9,15H2,1-3H3/t13-/m1/s1. The first-order valence-corrected chi connectivity index (χ1v) is 5.84. The SMILES string of the molecule is Cc1cccc([C@@H](CN)CC(=O)C(C)C)c1. The van der Waals surface area contributed by atoms with Gasteiger partial charge < -0.3 is 5.73 Å². The lowest BCUT2D eigenvalue weighted by atomic mass is 9.90. The maximum absolute atomic E-state index is 11.7. The molecule has 0 aliphatic rings. The van der Waals surface area contributed by atoms with Crippen LogP contribution in [0.5, 0.6) is 0 Å². The summed E-state index contributed by atoms with van der Waals surface area (Å²) in [6, 6.07) is 8.25. The van der Waals surface area contributed by atoms with Crippen molar-refractivity contribution in [3.8, 4) is 0 Å². The topological polar surface area (TPSA) is 43.1 Å². The summed E-state index contributed by atoms with van der Waals surface area (Å²) in [4.78, 5) is 11.7. The van der Waals surface area contributed by atoms with Gasteiger partial charge in [0.25, 0.3) is 0 Å². The molecule has 0 aliphatic heterocycles. The quantitative estimate of drug-likeness (QED) is 0.827. The lowest BCUT2D eigenvalue weighted by Crippen LogP contribution is -2.19. The van der Waals surface area contributed by atoms with Crippen molar-refractivity contribution in [3.63, 3.8) is 0 Å². The van der Waals surface area contributed by atoms with Gasteiger partial charge in [-0.25, -0.2) is 0 Å². The summed E-state index contributed by atoms with van der Waals surface area (Å²) in [5.41, 5.74) is 8.14. The van der Waals surface area contributed by atoms with Gasteiger partial charge in [-0.15, -0.1) is 0 Å². The van der Waals surface area contributed by atoms with Gasteiger partial charge in [0.05, 0.1) is 0 Å². The predicted octanol–water partition coefficient (Wildman–Crippen LogP) is 2.65. The number of carbonyl (C=O) groups excluding carboxylic acids is 1. The van der Waals surface area contributed by atoms with E-state index >= 15 is 0 Å². The molecular weight excluding hydrogens is 198 g/mol. The lowest BCUT2D eigenvalue weighted by molar-refractivity contribution is -0.122. The molecule has 0 aromatic heterocycles. The average molecular weight is 219 g/mol. The van der Waals surface area contributed by atoms with Crippen LogP contribution in [0.15, 0.2) is 24.3 Å². The number of rotatable bonds is 5. The molecule has 0 saturated carbocycles. The molecule has 2 nitrogen and oxygen atoms in total. The van der Waals surface area contributed by atoms with Crippen LogP contribution >= 0.6 is 0 Å². The van der Waals surface area contributed by atoms with Crippen LogP contribution in [-0.2, 0) is 4.79 Å². The van der Waals surface area contributed by atoms with Crippen LogP contribution in [0.2, 0.25) is 0 Å². The molecule has 0 fully saturated rings.